The van der Waals surface area contributed by atoms with Gasteiger partial charge in [-0.3, -0.25) is 4.68 Å². The number of aromatic nitrogens is 8. The smallest absolute Gasteiger partial charge is 0.241 e. The summed E-state index contributed by atoms with van der Waals surface area (Å²) >= 11 is 1.59. The molecule has 0 amide bonds. The molecule has 0 aliphatic rings. The topological polar surface area (TPSA) is 109 Å². The lowest BCUT2D eigenvalue weighted by molar-refractivity contribution is 0.276. The van der Waals surface area contributed by atoms with E-state index in [1.165, 1.54) is 6.33 Å². The van der Waals surface area contributed by atoms with Crippen molar-refractivity contribution in [1.82, 2.24) is 39.7 Å². The molecule has 0 radical (unpaired) electrons. The lowest BCUT2D eigenvalue weighted by atomic mass is 10.2. The fourth-order valence-corrected chi connectivity index (χ4v) is 3.48. The van der Waals surface area contributed by atoms with E-state index in [4.69, 9.17) is 9.26 Å². The average Bonchev–Trinajstić information content (AvgIpc) is 3.47. The number of aryl methyl sites for hydroxylation is 2. The van der Waals surface area contributed by atoms with Crippen LogP contribution in [0.2, 0.25) is 0 Å². The number of fused-ring (bicyclic) bond motifs is 1. The molecule has 0 fully saturated rings. The molecular weight excluding hydrogens is 380 g/mol. The number of nitrogens with zero attached hydrogens (tertiary/aromatic N) is 8. The second-order valence-electron chi connectivity index (χ2n) is 6.05. The van der Waals surface area contributed by atoms with E-state index in [1.54, 1.807) is 26.6 Å². The van der Waals surface area contributed by atoms with E-state index in [1.807, 2.05) is 37.6 Å². The molecule has 10 nitrogen and oxygen atoms in total. The molecule has 0 aliphatic heterocycles. The summed E-state index contributed by atoms with van der Waals surface area (Å²) in [4.78, 5) is 5.21. The third-order valence-corrected chi connectivity index (χ3v) is 5.05. The van der Waals surface area contributed by atoms with E-state index in [0.29, 0.717) is 34.6 Å². The summed E-state index contributed by atoms with van der Waals surface area (Å²) in [5.74, 6) is 2.29. The van der Waals surface area contributed by atoms with Gasteiger partial charge in [0.05, 0.1) is 5.56 Å². The molecule has 0 atom stereocenters. The van der Waals surface area contributed by atoms with Gasteiger partial charge < -0.3 is 9.26 Å². The Balaban J connectivity index is 1.62. The molecular formula is C17H14N8O2S. The summed E-state index contributed by atoms with van der Waals surface area (Å²) in [6, 6.07) is 7.66. The van der Waals surface area contributed by atoms with E-state index < -0.39 is 0 Å². The van der Waals surface area contributed by atoms with Crippen molar-refractivity contribution in [3.63, 3.8) is 0 Å². The number of ether oxygens (including phenoxy) is 1. The van der Waals surface area contributed by atoms with Crippen LogP contribution in [-0.2, 0) is 13.7 Å². The Morgan fingerprint density at radius 1 is 1.25 bits per heavy atom. The van der Waals surface area contributed by atoms with Crippen LogP contribution >= 0.6 is 11.3 Å². The Kier molecular flexibility index (Phi) is 3.86. The van der Waals surface area contributed by atoms with Crippen LogP contribution in [0.4, 0.5) is 0 Å². The van der Waals surface area contributed by atoms with Crippen molar-refractivity contribution < 1.29 is 9.26 Å². The summed E-state index contributed by atoms with van der Waals surface area (Å²) < 4.78 is 14.4. The van der Waals surface area contributed by atoms with Gasteiger partial charge in [-0.25, -0.2) is 4.98 Å². The van der Waals surface area contributed by atoms with Crippen LogP contribution in [0.1, 0.15) is 11.6 Å². The monoisotopic (exact) mass is 394 g/mol. The normalized spacial score (nSPS) is 11.4. The summed E-state index contributed by atoms with van der Waals surface area (Å²) in [6.07, 6.45) is 1.49. The molecule has 28 heavy (non-hydrogen) atoms. The molecule has 0 aliphatic carbocycles. The molecule has 5 heterocycles. The molecule has 11 heteroatoms. The van der Waals surface area contributed by atoms with Crippen molar-refractivity contribution in [3.8, 4) is 27.8 Å². The van der Waals surface area contributed by atoms with Gasteiger partial charge in [-0.2, -0.15) is 9.61 Å². The van der Waals surface area contributed by atoms with Gasteiger partial charge in [-0.1, -0.05) is 11.2 Å². The first-order valence-electron chi connectivity index (χ1n) is 8.39. The van der Waals surface area contributed by atoms with Gasteiger partial charge in [-0.05, 0) is 24.4 Å². The maximum absolute atomic E-state index is 6.01. The van der Waals surface area contributed by atoms with Gasteiger partial charge in [0.2, 0.25) is 11.7 Å². The molecule has 140 valence electrons. The minimum Gasteiger partial charge on any atom is -0.468 e. The van der Waals surface area contributed by atoms with Gasteiger partial charge in [0.15, 0.2) is 17.2 Å². The van der Waals surface area contributed by atoms with Crippen LogP contribution in [0.15, 0.2) is 40.5 Å². The Morgan fingerprint density at radius 2 is 2.18 bits per heavy atom. The molecule has 0 saturated heterocycles. The third-order valence-electron chi connectivity index (χ3n) is 4.15. The predicted molar refractivity (Wildman–Crippen MR) is 99.7 cm³/mol. The molecule has 0 aromatic carbocycles. The van der Waals surface area contributed by atoms with Crippen molar-refractivity contribution in [2.75, 3.05) is 0 Å². The van der Waals surface area contributed by atoms with Crippen molar-refractivity contribution in [2.24, 2.45) is 7.05 Å². The Bertz CT molecular complexity index is 1250. The van der Waals surface area contributed by atoms with Gasteiger partial charge in [0.1, 0.15) is 18.7 Å². The zero-order valence-electron chi connectivity index (χ0n) is 15.0. The lowest BCUT2D eigenvalue weighted by Gasteiger charge is -2.10. The molecule has 0 N–H and O–H groups in total. The summed E-state index contributed by atoms with van der Waals surface area (Å²) in [7, 11) is 1.81. The number of thiophene rings is 1. The van der Waals surface area contributed by atoms with Crippen molar-refractivity contribution >= 4 is 17.0 Å². The van der Waals surface area contributed by atoms with Gasteiger partial charge in [0, 0.05) is 18.0 Å². The van der Waals surface area contributed by atoms with Crippen LogP contribution < -0.4 is 4.74 Å². The molecule has 5 aromatic heterocycles. The van der Waals surface area contributed by atoms with Gasteiger partial charge >= 0.3 is 0 Å². The number of hydrogen-bond acceptors (Lipinski definition) is 9. The highest BCUT2D eigenvalue weighted by atomic mass is 32.1. The first kappa shape index (κ1) is 16.6. The van der Waals surface area contributed by atoms with E-state index in [2.05, 4.69) is 30.5 Å². The van der Waals surface area contributed by atoms with Crippen LogP contribution in [0.25, 0.3) is 27.6 Å². The molecule has 0 spiro atoms. The molecule has 0 bridgehead atoms. The predicted octanol–water partition coefficient (Wildman–Crippen LogP) is 2.52. The third kappa shape index (κ3) is 2.81. The lowest BCUT2D eigenvalue weighted by Crippen LogP contribution is -2.07. The summed E-state index contributed by atoms with van der Waals surface area (Å²) in [5.41, 5.74) is 1.98. The first-order chi connectivity index (χ1) is 13.7. The van der Waals surface area contributed by atoms with Crippen LogP contribution in [-0.4, -0.2) is 39.7 Å². The maximum Gasteiger partial charge on any atom is 0.241 e. The zero-order chi connectivity index (χ0) is 19.1. The molecule has 5 aromatic rings. The standard InChI is InChI=1S/C17H14N8O2S/c1-10-6-12(23-27-10)16-21-20-14-7-11(13-4-3-5-28-13)17(22-25(14)16)26-8-15-18-9-19-24(15)2/h3-7,9H,8H2,1-2H3. The second-order valence-corrected chi connectivity index (χ2v) is 6.99. The Labute approximate surface area is 162 Å². The van der Waals surface area contributed by atoms with Crippen molar-refractivity contribution in [1.29, 1.82) is 0 Å². The number of hydrogen-bond donors (Lipinski definition) is 0. The fourth-order valence-electron chi connectivity index (χ4n) is 2.75. The zero-order valence-corrected chi connectivity index (χ0v) is 15.8. The second kappa shape index (κ2) is 6.53. The quantitative estimate of drug-likeness (QED) is 0.447. The SMILES string of the molecule is Cc1cc(-c2nnc3cc(-c4cccs4)c(OCc4ncnn4C)nn23)no1. The maximum atomic E-state index is 6.01. The molecule has 0 saturated carbocycles. The number of rotatable bonds is 5. The Morgan fingerprint density at radius 3 is 2.89 bits per heavy atom. The van der Waals surface area contributed by atoms with Gasteiger partial charge in [0.25, 0.3) is 0 Å². The highest BCUT2D eigenvalue weighted by Gasteiger charge is 2.19. The Hall–Kier alpha value is -3.60. The first-order valence-corrected chi connectivity index (χ1v) is 9.27. The van der Waals surface area contributed by atoms with E-state index in [9.17, 15) is 0 Å². The molecule has 5 rings (SSSR count). The average molecular weight is 394 g/mol. The summed E-state index contributed by atoms with van der Waals surface area (Å²) in [6.45, 7) is 2.05. The highest BCUT2D eigenvalue weighted by molar-refractivity contribution is 7.13. The van der Waals surface area contributed by atoms with Crippen molar-refractivity contribution in [3.05, 3.63) is 47.6 Å². The highest BCUT2D eigenvalue weighted by Crippen LogP contribution is 2.33. The fraction of sp³-hybridized carbons (Fsp3) is 0.176. The largest absolute Gasteiger partial charge is 0.468 e. The van der Waals surface area contributed by atoms with Gasteiger partial charge in [-0.15, -0.1) is 26.6 Å². The van der Waals surface area contributed by atoms with E-state index >= 15 is 0 Å². The minimum absolute atomic E-state index is 0.230. The van der Waals surface area contributed by atoms with Crippen LogP contribution in [0.3, 0.4) is 0 Å². The minimum atomic E-state index is 0.230. The van der Waals surface area contributed by atoms with E-state index in [0.717, 1.165) is 10.4 Å². The van der Waals surface area contributed by atoms with Crippen LogP contribution in [0.5, 0.6) is 5.88 Å². The van der Waals surface area contributed by atoms with Crippen molar-refractivity contribution in [2.45, 2.75) is 13.5 Å². The molecule has 0 unspecified atom stereocenters. The summed E-state index contributed by atoms with van der Waals surface area (Å²) in [5, 5.41) is 23.2. The van der Waals surface area contributed by atoms with Crippen LogP contribution in [0, 0.1) is 6.92 Å². The van der Waals surface area contributed by atoms with E-state index in [-0.39, 0.29) is 6.61 Å².